The molecule has 0 aromatic heterocycles. The van der Waals surface area contributed by atoms with E-state index in [0.717, 1.165) is 24.4 Å². The number of methoxy groups -OCH3 is 1. The van der Waals surface area contributed by atoms with Crippen molar-refractivity contribution in [2.24, 2.45) is 0 Å². The van der Waals surface area contributed by atoms with Gasteiger partial charge in [-0.3, -0.25) is 0 Å². The Bertz CT molecular complexity index is 551. The van der Waals surface area contributed by atoms with Gasteiger partial charge in [0.2, 0.25) is 0 Å². The molecular weight excluding hydrogens is 308 g/mol. The van der Waals surface area contributed by atoms with Crippen molar-refractivity contribution in [1.82, 2.24) is 0 Å². The highest BCUT2D eigenvalue weighted by Crippen LogP contribution is 2.29. The third-order valence-electron chi connectivity index (χ3n) is 5.27. The first-order valence-electron chi connectivity index (χ1n) is 10.3. The van der Waals surface area contributed by atoms with E-state index in [-0.39, 0.29) is 0 Å². The Balaban J connectivity index is 1.73. The first-order valence-corrected chi connectivity index (χ1v) is 10.3. The first kappa shape index (κ1) is 19.8. The molecule has 0 saturated carbocycles. The monoisotopic (exact) mass is 345 g/mol. The number of ether oxygens (including phenoxy) is 1. The van der Waals surface area contributed by atoms with Crippen LogP contribution in [-0.4, -0.2) is 38.0 Å². The van der Waals surface area contributed by atoms with E-state index in [4.69, 9.17) is 4.74 Å². The van der Waals surface area contributed by atoms with Gasteiger partial charge in [-0.15, -0.1) is 0 Å². The van der Waals surface area contributed by atoms with Gasteiger partial charge in [0.15, 0.2) is 6.21 Å². The van der Waals surface area contributed by atoms with Gasteiger partial charge in [0.1, 0.15) is 18.8 Å². The van der Waals surface area contributed by atoms with Gasteiger partial charge in [0.25, 0.3) is 0 Å². The van der Waals surface area contributed by atoms with E-state index < -0.39 is 0 Å². The molecule has 2 rings (SSSR count). The number of hydrogen-bond acceptors (Lipinski definition) is 2. The van der Waals surface area contributed by atoms with E-state index in [1.54, 1.807) is 7.11 Å². The second-order valence-corrected chi connectivity index (χ2v) is 7.24. The lowest BCUT2D eigenvalue weighted by molar-refractivity contribution is -0.524. The Hall–Kier alpha value is -1.51. The molecule has 0 spiro atoms. The van der Waals surface area contributed by atoms with Crippen molar-refractivity contribution in [2.75, 3.05) is 32.6 Å². The normalized spacial score (nSPS) is 13.3. The fraction of sp³-hybridized carbons (Fsp3) is 0.682. The summed E-state index contributed by atoms with van der Waals surface area (Å²) in [4.78, 5) is 0. The fourth-order valence-electron chi connectivity index (χ4n) is 3.67. The molecule has 0 fully saturated rings. The molecule has 1 aliphatic rings. The summed E-state index contributed by atoms with van der Waals surface area (Å²) < 4.78 is 7.99. The van der Waals surface area contributed by atoms with Gasteiger partial charge in [-0.2, -0.15) is 0 Å². The van der Waals surface area contributed by atoms with Crippen LogP contribution in [0.2, 0.25) is 0 Å². The van der Waals surface area contributed by atoms with Crippen LogP contribution in [0, 0.1) is 0 Å². The summed E-state index contributed by atoms with van der Waals surface area (Å²) in [7, 11) is 3.69. The minimum Gasteiger partial charge on any atom is -0.495 e. The summed E-state index contributed by atoms with van der Waals surface area (Å²) in [5.74, 6) is 0.933. The van der Waals surface area contributed by atoms with E-state index in [0.29, 0.717) is 0 Å². The van der Waals surface area contributed by atoms with E-state index in [1.165, 1.54) is 75.5 Å². The summed E-state index contributed by atoms with van der Waals surface area (Å²) in [5, 5.41) is 3.23. The average Bonchev–Trinajstić information content (AvgIpc) is 2.65. The Labute approximate surface area is 154 Å². The molecule has 1 heterocycles. The number of fused-ring (bicyclic) bond motifs is 1. The maximum atomic E-state index is 5.50. The second kappa shape index (κ2) is 11.2. The van der Waals surface area contributed by atoms with Crippen LogP contribution in [0.1, 0.15) is 75.8 Å². The smallest absolute Gasteiger partial charge is 0.171 e. The lowest BCUT2D eigenvalue weighted by Crippen LogP contribution is -2.23. The summed E-state index contributed by atoms with van der Waals surface area (Å²) in [6, 6.07) is 4.41. The number of hydrogen-bond donors (Lipinski definition) is 1. The number of unbranched alkanes of at least 4 members (excludes halogenated alkanes) is 8. The van der Waals surface area contributed by atoms with Crippen LogP contribution in [0.25, 0.3) is 0 Å². The summed E-state index contributed by atoms with van der Waals surface area (Å²) in [5.41, 5.74) is 3.83. The van der Waals surface area contributed by atoms with Crippen molar-refractivity contribution in [3.05, 3.63) is 23.3 Å². The van der Waals surface area contributed by atoms with Gasteiger partial charge in [0.05, 0.1) is 12.8 Å². The molecule has 3 nitrogen and oxygen atoms in total. The summed E-state index contributed by atoms with van der Waals surface area (Å²) in [6.45, 7) is 4.61. The molecule has 0 amide bonds. The first-order chi connectivity index (χ1) is 12.3. The summed E-state index contributed by atoms with van der Waals surface area (Å²) >= 11 is 0. The SMILES string of the molecule is CCCCCCCCCCC[N+]1=Cc2cc(OC)c(NC)cc2CC1. The molecule has 1 aromatic carbocycles. The Morgan fingerprint density at radius 3 is 2.32 bits per heavy atom. The van der Waals surface area contributed by atoms with Crippen LogP contribution in [0.5, 0.6) is 5.75 Å². The van der Waals surface area contributed by atoms with E-state index in [9.17, 15) is 0 Å². The zero-order valence-corrected chi connectivity index (χ0v) is 16.6. The molecule has 0 bridgehead atoms. The zero-order chi connectivity index (χ0) is 17.9. The molecule has 1 N–H and O–H groups in total. The van der Waals surface area contributed by atoms with Crippen LogP contribution in [-0.2, 0) is 6.42 Å². The van der Waals surface area contributed by atoms with Crippen molar-refractivity contribution < 1.29 is 9.31 Å². The van der Waals surface area contributed by atoms with Crippen LogP contribution < -0.4 is 10.1 Å². The fourth-order valence-corrected chi connectivity index (χ4v) is 3.67. The van der Waals surface area contributed by atoms with Crippen molar-refractivity contribution in [2.45, 2.75) is 71.1 Å². The molecule has 0 saturated heterocycles. The number of nitrogens with one attached hydrogen (secondary N) is 1. The molecule has 0 atom stereocenters. The maximum Gasteiger partial charge on any atom is 0.171 e. The van der Waals surface area contributed by atoms with E-state index in [1.807, 2.05) is 7.05 Å². The van der Waals surface area contributed by atoms with Crippen molar-refractivity contribution >= 4 is 11.9 Å². The van der Waals surface area contributed by atoms with Crippen molar-refractivity contribution in [3.8, 4) is 5.75 Å². The minimum atomic E-state index is 0.933. The molecule has 1 aliphatic heterocycles. The Morgan fingerprint density at radius 1 is 1.00 bits per heavy atom. The number of benzene rings is 1. The number of nitrogens with zero attached hydrogens (tertiary/aromatic N) is 1. The highest BCUT2D eigenvalue weighted by molar-refractivity contribution is 5.82. The van der Waals surface area contributed by atoms with E-state index >= 15 is 0 Å². The van der Waals surface area contributed by atoms with Gasteiger partial charge in [-0.05, 0) is 24.1 Å². The summed E-state index contributed by atoms with van der Waals surface area (Å²) in [6.07, 6.45) is 16.0. The predicted octanol–water partition coefficient (Wildman–Crippen LogP) is 5.26. The molecule has 0 unspecified atom stereocenters. The molecule has 140 valence electrons. The van der Waals surface area contributed by atoms with E-state index in [2.05, 4.69) is 35.2 Å². The van der Waals surface area contributed by atoms with Crippen molar-refractivity contribution in [1.29, 1.82) is 0 Å². The Morgan fingerprint density at radius 2 is 1.68 bits per heavy atom. The van der Waals surface area contributed by atoms with Crippen LogP contribution in [0.4, 0.5) is 5.69 Å². The topological polar surface area (TPSA) is 24.3 Å². The van der Waals surface area contributed by atoms with Crippen LogP contribution in [0.15, 0.2) is 12.1 Å². The second-order valence-electron chi connectivity index (χ2n) is 7.24. The van der Waals surface area contributed by atoms with Gasteiger partial charge in [-0.1, -0.05) is 51.9 Å². The maximum absolute atomic E-state index is 5.50. The molecule has 0 radical (unpaired) electrons. The lowest BCUT2D eigenvalue weighted by atomic mass is 10.0. The van der Waals surface area contributed by atoms with Crippen LogP contribution >= 0.6 is 0 Å². The number of rotatable bonds is 12. The third kappa shape index (κ3) is 6.37. The van der Waals surface area contributed by atoms with Crippen molar-refractivity contribution in [3.63, 3.8) is 0 Å². The van der Waals surface area contributed by atoms with Gasteiger partial charge >= 0.3 is 0 Å². The average molecular weight is 346 g/mol. The highest BCUT2D eigenvalue weighted by atomic mass is 16.5. The minimum absolute atomic E-state index is 0.933. The molecule has 1 aromatic rings. The number of anilines is 1. The van der Waals surface area contributed by atoms with Crippen LogP contribution in [0.3, 0.4) is 0 Å². The molecular formula is C22H37N2O+. The quantitative estimate of drug-likeness (QED) is 0.413. The third-order valence-corrected chi connectivity index (χ3v) is 5.27. The Kier molecular flexibility index (Phi) is 8.85. The molecule has 25 heavy (non-hydrogen) atoms. The molecule has 0 aliphatic carbocycles. The van der Waals surface area contributed by atoms with Gasteiger partial charge in [-0.25, -0.2) is 4.58 Å². The largest absolute Gasteiger partial charge is 0.495 e. The molecule has 3 heteroatoms. The zero-order valence-electron chi connectivity index (χ0n) is 16.6. The van der Waals surface area contributed by atoms with Gasteiger partial charge in [0, 0.05) is 25.5 Å². The predicted molar refractivity (Wildman–Crippen MR) is 109 cm³/mol. The lowest BCUT2D eigenvalue weighted by Gasteiger charge is -2.16. The highest BCUT2D eigenvalue weighted by Gasteiger charge is 2.18. The van der Waals surface area contributed by atoms with Gasteiger partial charge < -0.3 is 10.1 Å². The standard InChI is InChI=1S/C22H36N2O/c1-4-5-6-7-8-9-10-11-12-14-24-15-13-19-16-21(23-2)22(25-3)17-20(19)18-24/h16-18H,4-15H2,1-3H3/p+1.